The second-order valence-electron chi connectivity index (χ2n) is 15.0. The van der Waals surface area contributed by atoms with Crippen molar-refractivity contribution in [2.45, 2.75) is 56.6 Å². The molecule has 55 heavy (non-hydrogen) atoms. The summed E-state index contributed by atoms with van der Waals surface area (Å²) in [4.78, 5) is 34.9. The Morgan fingerprint density at radius 1 is 0.945 bits per heavy atom. The van der Waals surface area contributed by atoms with E-state index < -0.39 is 21.8 Å². The molecule has 0 spiro atoms. The first-order chi connectivity index (χ1) is 26.6. The van der Waals surface area contributed by atoms with Crippen molar-refractivity contribution in [3.63, 3.8) is 0 Å². The summed E-state index contributed by atoms with van der Waals surface area (Å²) in [7, 11) is -1.98. The average Bonchev–Trinajstić information content (AvgIpc) is 3.19. The Bertz CT molecular complexity index is 2020. The van der Waals surface area contributed by atoms with Crippen LogP contribution in [-0.2, 0) is 24.0 Å². The van der Waals surface area contributed by atoms with Crippen molar-refractivity contribution in [3.05, 3.63) is 117 Å². The fourth-order valence-electron chi connectivity index (χ4n) is 8.13. The molecule has 0 aromatic heterocycles. The fourth-order valence-corrected chi connectivity index (χ4v) is 9.07. The second-order valence-corrected chi connectivity index (χ2v) is 16.7. The van der Waals surface area contributed by atoms with Gasteiger partial charge in [0.05, 0.1) is 9.82 Å². The molecule has 0 saturated carbocycles. The van der Waals surface area contributed by atoms with Crippen molar-refractivity contribution in [1.29, 1.82) is 0 Å². The van der Waals surface area contributed by atoms with Gasteiger partial charge in [-0.25, -0.2) is 4.21 Å². The van der Waals surface area contributed by atoms with Crippen molar-refractivity contribution in [2.75, 3.05) is 69.1 Å². The first kappa shape index (κ1) is 38.9. The molecule has 2 N–H and O–H groups in total. The zero-order chi connectivity index (χ0) is 38.5. The van der Waals surface area contributed by atoms with Crippen molar-refractivity contribution in [1.82, 2.24) is 19.4 Å². The van der Waals surface area contributed by atoms with E-state index in [2.05, 4.69) is 79.9 Å². The highest BCUT2D eigenvalue weighted by Gasteiger charge is 2.32. The van der Waals surface area contributed by atoms with Gasteiger partial charge in [0.15, 0.2) is 11.0 Å². The van der Waals surface area contributed by atoms with Gasteiger partial charge in [-0.05, 0) is 104 Å². The van der Waals surface area contributed by atoms with Crippen molar-refractivity contribution >= 4 is 45.6 Å². The summed E-state index contributed by atoms with van der Waals surface area (Å²) in [6.45, 7) is 13.7. The number of nitro benzene ring substituents is 1. The number of piperazine rings is 2. The molecular formula is C42H50ClN7O4S. The maximum atomic E-state index is 13.3. The normalized spacial score (nSPS) is 18.4. The minimum atomic E-state index is -1.98. The molecule has 3 aliphatic rings. The molecule has 4 aromatic carbocycles. The maximum absolute atomic E-state index is 13.3. The van der Waals surface area contributed by atoms with Crippen LogP contribution in [0.1, 0.15) is 48.2 Å². The Kier molecular flexibility index (Phi) is 12.5. The lowest BCUT2D eigenvalue weighted by molar-refractivity contribution is -0.384. The lowest BCUT2D eigenvalue weighted by atomic mass is 9.92. The number of hydrogen-bond donors (Lipinski definition) is 2. The first-order valence-electron chi connectivity index (χ1n) is 19.3. The summed E-state index contributed by atoms with van der Waals surface area (Å²) in [5.74, 6) is -0.480. The van der Waals surface area contributed by atoms with Gasteiger partial charge in [-0.2, -0.15) is 0 Å². The number of nitrogens with one attached hydrogen (secondary N) is 2. The number of carbonyl (C=O) groups is 1. The molecule has 4 aromatic rings. The molecule has 11 nitrogen and oxygen atoms in total. The fraction of sp³-hybridized carbons (Fsp3) is 0.405. The van der Waals surface area contributed by atoms with Crippen LogP contribution in [-0.4, -0.2) is 101 Å². The van der Waals surface area contributed by atoms with Gasteiger partial charge in [0.2, 0.25) is 0 Å². The molecule has 0 radical (unpaired) electrons. The monoisotopic (exact) mass is 783 g/mol. The molecule has 0 bridgehead atoms. The van der Waals surface area contributed by atoms with Crippen LogP contribution in [0.25, 0.3) is 11.1 Å². The van der Waals surface area contributed by atoms with Gasteiger partial charge in [-0.3, -0.25) is 29.4 Å². The number of nitrogens with zero attached hydrogens (tertiary/aromatic N) is 5. The summed E-state index contributed by atoms with van der Waals surface area (Å²) < 4.78 is 15.8. The van der Waals surface area contributed by atoms with Crippen LogP contribution in [0, 0.1) is 10.1 Å². The molecular weight excluding hydrogens is 734 g/mol. The van der Waals surface area contributed by atoms with Crippen LogP contribution in [0.2, 0.25) is 5.02 Å². The zero-order valence-corrected chi connectivity index (χ0v) is 33.2. The smallest absolute Gasteiger partial charge is 0.293 e. The van der Waals surface area contributed by atoms with E-state index in [1.54, 1.807) is 18.2 Å². The van der Waals surface area contributed by atoms with Crippen LogP contribution in [0.5, 0.6) is 0 Å². The van der Waals surface area contributed by atoms with Gasteiger partial charge in [0.1, 0.15) is 5.69 Å². The summed E-state index contributed by atoms with van der Waals surface area (Å²) in [5, 5.41) is 15.9. The van der Waals surface area contributed by atoms with Crippen LogP contribution in [0.4, 0.5) is 17.1 Å². The van der Waals surface area contributed by atoms with E-state index >= 15 is 0 Å². The molecule has 0 aliphatic carbocycles. The SMILES string of the molecule is CC(C)N1CCN(CCCNc2ccc(S(=O)NC(=O)c3ccc4c(c3)CCC3CN(Cc5ccccc5-c5ccc(Cl)cc5)CCN43)cc2[N+](=O)[O-])CC1. The van der Waals surface area contributed by atoms with E-state index in [1.165, 1.54) is 17.2 Å². The van der Waals surface area contributed by atoms with Crippen molar-refractivity contribution in [3.8, 4) is 11.1 Å². The van der Waals surface area contributed by atoms with Crippen molar-refractivity contribution in [2.24, 2.45) is 0 Å². The molecule has 2 saturated heterocycles. The lowest BCUT2D eigenvalue weighted by Gasteiger charge is -2.46. The summed E-state index contributed by atoms with van der Waals surface area (Å²) >= 11 is 6.15. The van der Waals surface area contributed by atoms with Gasteiger partial charge in [0, 0.05) is 93.3 Å². The Balaban J connectivity index is 0.924. The first-order valence-corrected chi connectivity index (χ1v) is 20.8. The Hall–Kier alpha value is -4.33. The third kappa shape index (κ3) is 9.38. The van der Waals surface area contributed by atoms with E-state index in [-0.39, 0.29) is 10.6 Å². The number of rotatable bonds is 13. The lowest BCUT2D eigenvalue weighted by Crippen LogP contribution is -2.54. The number of hydrogen-bond acceptors (Lipinski definition) is 9. The summed E-state index contributed by atoms with van der Waals surface area (Å²) in [6, 6.07) is 27.6. The van der Waals surface area contributed by atoms with E-state index in [1.807, 2.05) is 24.3 Å². The van der Waals surface area contributed by atoms with Gasteiger partial charge in [-0.15, -0.1) is 0 Å². The highest BCUT2D eigenvalue weighted by molar-refractivity contribution is 7.83. The number of anilines is 2. The van der Waals surface area contributed by atoms with E-state index in [0.717, 1.165) is 100 Å². The summed E-state index contributed by atoms with van der Waals surface area (Å²) in [5.41, 5.74) is 6.54. The topological polar surface area (TPSA) is 114 Å². The number of benzene rings is 4. The number of fused-ring (bicyclic) bond motifs is 3. The summed E-state index contributed by atoms with van der Waals surface area (Å²) in [6.07, 6.45) is 2.66. The number of carbonyl (C=O) groups excluding carboxylic acids is 1. The predicted molar refractivity (Wildman–Crippen MR) is 221 cm³/mol. The largest absolute Gasteiger partial charge is 0.379 e. The molecule has 290 valence electrons. The highest BCUT2D eigenvalue weighted by Crippen LogP contribution is 2.35. The molecule has 13 heteroatoms. The molecule has 2 unspecified atom stereocenters. The minimum Gasteiger partial charge on any atom is -0.379 e. The number of amides is 1. The van der Waals surface area contributed by atoms with Crippen LogP contribution in [0.15, 0.2) is 89.8 Å². The van der Waals surface area contributed by atoms with Gasteiger partial charge >= 0.3 is 0 Å². The van der Waals surface area contributed by atoms with Crippen LogP contribution >= 0.6 is 11.6 Å². The quantitative estimate of drug-likeness (QED) is 0.0856. The highest BCUT2D eigenvalue weighted by atomic mass is 35.5. The van der Waals surface area contributed by atoms with Gasteiger partial charge in [0.25, 0.3) is 11.6 Å². The van der Waals surface area contributed by atoms with Crippen LogP contribution < -0.4 is 14.9 Å². The molecule has 2 fully saturated rings. The Labute approximate surface area is 331 Å². The number of aryl methyl sites for hydroxylation is 1. The van der Waals surface area contributed by atoms with E-state index in [0.29, 0.717) is 29.9 Å². The number of nitro groups is 1. The van der Waals surface area contributed by atoms with Gasteiger partial charge in [-0.1, -0.05) is 48.0 Å². The Morgan fingerprint density at radius 2 is 1.71 bits per heavy atom. The van der Waals surface area contributed by atoms with Crippen molar-refractivity contribution < 1.29 is 13.9 Å². The molecule has 2 atom stereocenters. The molecule has 1 amide bonds. The molecule has 7 rings (SSSR count). The third-order valence-corrected chi connectivity index (χ3v) is 12.5. The van der Waals surface area contributed by atoms with E-state index in [4.69, 9.17) is 11.6 Å². The Morgan fingerprint density at radius 3 is 2.47 bits per heavy atom. The average molecular weight is 784 g/mol. The second kappa shape index (κ2) is 17.6. The van der Waals surface area contributed by atoms with Crippen LogP contribution in [0.3, 0.4) is 0 Å². The van der Waals surface area contributed by atoms with Gasteiger partial charge < -0.3 is 15.1 Å². The molecule has 3 aliphatic heterocycles. The third-order valence-electron chi connectivity index (χ3n) is 11.2. The minimum absolute atomic E-state index is 0.167. The number of halogens is 1. The maximum Gasteiger partial charge on any atom is 0.293 e. The zero-order valence-electron chi connectivity index (χ0n) is 31.6. The predicted octanol–water partition coefficient (Wildman–Crippen LogP) is 6.83. The standard InChI is InChI=1S/C42H50ClN7O4S/c1-30(2)48-23-20-46(21-24-48)19-5-18-44-39-16-15-37(27-41(39)50(52)53)55(54)45-42(51)33-11-17-40-32(26-33)10-14-36-29-47(22-25-49(36)40)28-34-6-3-4-7-38(34)31-8-12-35(43)13-9-31/h3-4,6-9,11-13,15-17,26-27,30,36,44H,5,10,14,18-25,28-29H2,1-2H3,(H,45,51). The molecule has 3 heterocycles. The van der Waals surface area contributed by atoms with E-state index in [9.17, 15) is 19.1 Å².